The summed E-state index contributed by atoms with van der Waals surface area (Å²) in [5.41, 5.74) is 3.67. The Balaban J connectivity index is 2.04. The zero-order valence-corrected chi connectivity index (χ0v) is 13.5. The van der Waals surface area contributed by atoms with Gasteiger partial charge in [-0.3, -0.25) is 0 Å². The molecule has 0 unspecified atom stereocenters. The van der Waals surface area contributed by atoms with Gasteiger partial charge in [0.15, 0.2) is 0 Å². The number of halogens is 2. The van der Waals surface area contributed by atoms with Crippen LogP contribution in [0, 0.1) is 0 Å². The van der Waals surface area contributed by atoms with Crippen LogP contribution >= 0.6 is 23.2 Å². The van der Waals surface area contributed by atoms with Gasteiger partial charge in [-0.1, -0.05) is 56.1 Å². The summed E-state index contributed by atoms with van der Waals surface area (Å²) < 4.78 is 0. The van der Waals surface area contributed by atoms with E-state index in [9.17, 15) is 0 Å². The summed E-state index contributed by atoms with van der Waals surface area (Å²) in [6.45, 7) is 7.34. The molecule has 0 aromatic heterocycles. The highest BCUT2D eigenvalue weighted by Gasteiger charge is 2.12. The van der Waals surface area contributed by atoms with E-state index in [-0.39, 0.29) is 5.41 Å². The molecule has 106 valence electrons. The minimum atomic E-state index is 0.180. The average molecular weight is 308 g/mol. The summed E-state index contributed by atoms with van der Waals surface area (Å²) in [5.74, 6) is 0. The van der Waals surface area contributed by atoms with E-state index in [1.807, 2.05) is 12.1 Å². The average Bonchev–Trinajstić information content (AvgIpc) is 2.35. The van der Waals surface area contributed by atoms with Crippen molar-refractivity contribution < 1.29 is 0 Å². The number of benzene rings is 2. The molecule has 0 saturated heterocycles. The van der Waals surface area contributed by atoms with Gasteiger partial charge in [-0.15, -0.1) is 0 Å². The molecule has 0 bridgehead atoms. The molecule has 2 aromatic carbocycles. The van der Waals surface area contributed by atoms with Crippen LogP contribution in [0.2, 0.25) is 10.0 Å². The van der Waals surface area contributed by atoms with Gasteiger partial charge in [0, 0.05) is 22.3 Å². The number of rotatable bonds is 3. The highest BCUT2D eigenvalue weighted by molar-refractivity contribution is 6.34. The van der Waals surface area contributed by atoms with Crippen LogP contribution < -0.4 is 5.32 Å². The van der Waals surface area contributed by atoms with Crippen molar-refractivity contribution in [3.05, 3.63) is 63.6 Å². The van der Waals surface area contributed by atoms with Gasteiger partial charge in [-0.25, -0.2) is 0 Å². The van der Waals surface area contributed by atoms with Crippen LogP contribution in [0.5, 0.6) is 0 Å². The number of anilines is 1. The van der Waals surface area contributed by atoms with Crippen molar-refractivity contribution in [3.63, 3.8) is 0 Å². The van der Waals surface area contributed by atoms with Crippen molar-refractivity contribution in [3.8, 4) is 0 Å². The molecule has 1 nitrogen and oxygen atoms in total. The first-order valence-electron chi connectivity index (χ1n) is 6.64. The predicted octanol–water partition coefficient (Wildman–Crippen LogP) is 5.90. The molecule has 0 atom stereocenters. The molecule has 0 aliphatic heterocycles. The van der Waals surface area contributed by atoms with Crippen molar-refractivity contribution in [2.75, 3.05) is 5.32 Å². The summed E-state index contributed by atoms with van der Waals surface area (Å²) in [6.07, 6.45) is 0. The van der Waals surface area contributed by atoms with E-state index < -0.39 is 0 Å². The lowest BCUT2D eigenvalue weighted by molar-refractivity contribution is 0.590. The van der Waals surface area contributed by atoms with Crippen LogP contribution in [-0.4, -0.2) is 0 Å². The van der Waals surface area contributed by atoms with Gasteiger partial charge in [-0.05, 0) is 46.9 Å². The minimum absolute atomic E-state index is 0.180. The largest absolute Gasteiger partial charge is 0.381 e. The topological polar surface area (TPSA) is 12.0 Å². The van der Waals surface area contributed by atoms with Gasteiger partial charge in [0.05, 0.1) is 0 Å². The number of hydrogen-bond donors (Lipinski definition) is 1. The monoisotopic (exact) mass is 307 g/mol. The van der Waals surface area contributed by atoms with Crippen molar-refractivity contribution in [2.45, 2.75) is 32.7 Å². The molecule has 0 saturated carbocycles. The van der Waals surface area contributed by atoms with Crippen LogP contribution in [0.1, 0.15) is 31.9 Å². The SMILES string of the molecule is CC(C)(C)c1ccc(NCc2cc(Cl)cc(Cl)c2)cc1. The number of nitrogens with one attached hydrogen (secondary N) is 1. The van der Waals surface area contributed by atoms with E-state index in [0.717, 1.165) is 11.3 Å². The Kier molecular flexibility index (Phi) is 4.62. The van der Waals surface area contributed by atoms with Crippen molar-refractivity contribution in [2.24, 2.45) is 0 Å². The van der Waals surface area contributed by atoms with Crippen molar-refractivity contribution in [1.82, 2.24) is 0 Å². The summed E-state index contributed by atoms with van der Waals surface area (Å²) in [7, 11) is 0. The maximum Gasteiger partial charge on any atom is 0.0424 e. The molecular weight excluding hydrogens is 289 g/mol. The Morgan fingerprint density at radius 1 is 0.900 bits per heavy atom. The molecule has 0 aliphatic carbocycles. The van der Waals surface area contributed by atoms with Crippen LogP contribution in [0.4, 0.5) is 5.69 Å². The zero-order chi connectivity index (χ0) is 14.8. The summed E-state index contributed by atoms with van der Waals surface area (Å²) in [4.78, 5) is 0. The predicted molar refractivity (Wildman–Crippen MR) is 88.9 cm³/mol. The molecule has 20 heavy (non-hydrogen) atoms. The first-order valence-corrected chi connectivity index (χ1v) is 7.39. The second-order valence-electron chi connectivity index (χ2n) is 5.96. The standard InChI is InChI=1S/C17H19Cl2N/c1-17(2,3)13-4-6-16(7-5-13)20-11-12-8-14(18)10-15(19)9-12/h4-10,20H,11H2,1-3H3. The lowest BCUT2D eigenvalue weighted by Crippen LogP contribution is -2.10. The normalized spacial score (nSPS) is 11.4. The second kappa shape index (κ2) is 6.07. The smallest absolute Gasteiger partial charge is 0.0424 e. The Bertz CT molecular complexity index is 563. The Hall–Kier alpha value is -1.18. The van der Waals surface area contributed by atoms with Crippen molar-refractivity contribution >= 4 is 28.9 Å². The summed E-state index contributed by atoms with van der Waals surface area (Å²) in [5, 5.41) is 4.71. The molecule has 0 fully saturated rings. The van der Waals surface area contributed by atoms with Crippen LogP contribution in [0.25, 0.3) is 0 Å². The fourth-order valence-electron chi connectivity index (χ4n) is 2.01. The van der Waals surface area contributed by atoms with Gasteiger partial charge in [0.1, 0.15) is 0 Å². The fraction of sp³-hybridized carbons (Fsp3) is 0.294. The third-order valence-corrected chi connectivity index (χ3v) is 3.61. The van der Waals surface area contributed by atoms with Gasteiger partial charge >= 0.3 is 0 Å². The molecule has 3 heteroatoms. The summed E-state index contributed by atoms with van der Waals surface area (Å²) >= 11 is 12.0. The van der Waals surface area contributed by atoms with E-state index in [4.69, 9.17) is 23.2 Å². The molecule has 0 radical (unpaired) electrons. The van der Waals surface area contributed by atoms with E-state index in [0.29, 0.717) is 16.6 Å². The first-order chi connectivity index (χ1) is 9.34. The highest BCUT2D eigenvalue weighted by atomic mass is 35.5. The lowest BCUT2D eigenvalue weighted by Gasteiger charge is -2.19. The maximum absolute atomic E-state index is 5.99. The zero-order valence-electron chi connectivity index (χ0n) is 12.0. The van der Waals surface area contributed by atoms with Gasteiger partial charge in [-0.2, -0.15) is 0 Å². The minimum Gasteiger partial charge on any atom is -0.381 e. The van der Waals surface area contributed by atoms with Crippen molar-refractivity contribution in [1.29, 1.82) is 0 Å². The molecular formula is C17H19Cl2N. The highest BCUT2D eigenvalue weighted by Crippen LogP contribution is 2.24. The van der Waals surface area contributed by atoms with E-state index in [1.54, 1.807) is 6.07 Å². The number of hydrogen-bond acceptors (Lipinski definition) is 1. The third kappa shape index (κ3) is 4.16. The van der Waals surface area contributed by atoms with E-state index in [2.05, 4.69) is 50.4 Å². The molecule has 0 amide bonds. The lowest BCUT2D eigenvalue weighted by atomic mass is 9.87. The molecule has 0 aliphatic rings. The molecule has 0 spiro atoms. The van der Waals surface area contributed by atoms with Gasteiger partial charge < -0.3 is 5.32 Å². The molecule has 2 rings (SSSR count). The third-order valence-electron chi connectivity index (χ3n) is 3.17. The maximum atomic E-state index is 5.99. The van der Waals surface area contributed by atoms with E-state index in [1.165, 1.54) is 5.56 Å². The molecule has 2 aromatic rings. The molecule has 1 N–H and O–H groups in total. The fourth-order valence-corrected chi connectivity index (χ4v) is 2.58. The van der Waals surface area contributed by atoms with Gasteiger partial charge in [0.25, 0.3) is 0 Å². The quantitative estimate of drug-likeness (QED) is 0.744. The van der Waals surface area contributed by atoms with Crippen LogP contribution in [0.15, 0.2) is 42.5 Å². The Morgan fingerprint density at radius 3 is 1.95 bits per heavy atom. The molecule has 0 heterocycles. The summed E-state index contributed by atoms with van der Waals surface area (Å²) in [6, 6.07) is 14.1. The Labute approximate surface area is 130 Å². The van der Waals surface area contributed by atoms with Crippen LogP contribution in [0.3, 0.4) is 0 Å². The second-order valence-corrected chi connectivity index (χ2v) is 6.83. The van der Waals surface area contributed by atoms with Gasteiger partial charge in [0.2, 0.25) is 0 Å². The van der Waals surface area contributed by atoms with Crippen LogP contribution in [-0.2, 0) is 12.0 Å². The Morgan fingerprint density at radius 2 is 1.45 bits per heavy atom. The first kappa shape index (κ1) is 15.2. The van der Waals surface area contributed by atoms with E-state index >= 15 is 0 Å².